The minimum absolute atomic E-state index is 0. The number of anilines is 2. The molecule has 0 saturated carbocycles. The molecule has 1 atom stereocenters. The van der Waals surface area contributed by atoms with Crippen molar-refractivity contribution < 1.29 is 8.78 Å². The average Bonchev–Trinajstić information content (AvgIpc) is 3.11. The van der Waals surface area contributed by atoms with Gasteiger partial charge in [0.15, 0.2) is 11.6 Å². The first-order valence-corrected chi connectivity index (χ1v) is 11.3. The standard InChI is InChI=1S/C25H27F2N7.ClH/c1-13-8-19-15(11-28-13)6-7-21(31-19)32-24-29-12-18(27)22(33-24)16-9-17(26)23-20(10-16)34(14(2)30-23)25(3,4)5;/h6-7,9-10,12-13,28H,8,11H2,1-5H3,(H,29,31,32,33);1H/t13-;/m0./s1. The molecule has 184 valence electrons. The van der Waals surface area contributed by atoms with E-state index in [4.69, 9.17) is 0 Å². The number of aromatic nitrogens is 5. The fourth-order valence-corrected chi connectivity index (χ4v) is 4.56. The number of rotatable bonds is 3. The second-order valence-electron chi connectivity index (χ2n) is 9.79. The Bertz CT molecular complexity index is 1410. The van der Waals surface area contributed by atoms with Crippen molar-refractivity contribution in [2.75, 3.05) is 5.32 Å². The molecule has 0 saturated heterocycles. The van der Waals surface area contributed by atoms with Crippen LogP contribution in [0.2, 0.25) is 0 Å². The van der Waals surface area contributed by atoms with E-state index < -0.39 is 11.6 Å². The van der Waals surface area contributed by atoms with Crippen LogP contribution in [0.1, 0.15) is 44.8 Å². The predicted octanol–water partition coefficient (Wildman–Crippen LogP) is 5.43. The van der Waals surface area contributed by atoms with Crippen molar-refractivity contribution in [2.24, 2.45) is 0 Å². The number of hydrogen-bond donors (Lipinski definition) is 2. The van der Waals surface area contributed by atoms with Gasteiger partial charge in [-0.25, -0.2) is 28.7 Å². The van der Waals surface area contributed by atoms with E-state index in [2.05, 4.69) is 37.5 Å². The Kier molecular flexibility index (Phi) is 6.50. The van der Waals surface area contributed by atoms with E-state index in [1.165, 1.54) is 6.07 Å². The Morgan fingerprint density at radius 2 is 1.86 bits per heavy atom. The first-order valence-electron chi connectivity index (χ1n) is 11.3. The van der Waals surface area contributed by atoms with E-state index in [1.807, 2.05) is 44.4 Å². The van der Waals surface area contributed by atoms with Gasteiger partial charge in [0.05, 0.1) is 11.7 Å². The summed E-state index contributed by atoms with van der Waals surface area (Å²) < 4.78 is 31.8. The lowest BCUT2D eigenvalue weighted by Crippen LogP contribution is -2.33. The molecule has 0 amide bonds. The first kappa shape index (κ1) is 24.9. The topological polar surface area (TPSA) is 80.6 Å². The van der Waals surface area contributed by atoms with Crippen LogP contribution in [0.3, 0.4) is 0 Å². The van der Waals surface area contributed by atoms with Gasteiger partial charge in [-0.15, -0.1) is 12.4 Å². The molecule has 5 rings (SSSR count). The highest BCUT2D eigenvalue weighted by Crippen LogP contribution is 2.32. The Morgan fingerprint density at radius 1 is 1.09 bits per heavy atom. The largest absolute Gasteiger partial charge is 0.323 e. The number of nitrogens with one attached hydrogen (secondary N) is 2. The smallest absolute Gasteiger partial charge is 0.229 e. The molecular weight excluding hydrogens is 472 g/mol. The number of benzene rings is 1. The molecule has 1 aliphatic rings. The van der Waals surface area contributed by atoms with E-state index >= 15 is 4.39 Å². The molecule has 1 aromatic carbocycles. The van der Waals surface area contributed by atoms with E-state index in [0.717, 1.165) is 30.4 Å². The van der Waals surface area contributed by atoms with Crippen molar-refractivity contribution in [3.63, 3.8) is 0 Å². The van der Waals surface area contributed by atoms with Crippen molar-refractivity contribution >= 4 is 35.2 Å². The molecule has 3 aromatic heterocycles. The number of pyridine rings is 1. The van der Waals surface area contributed by atoms with Crippen LogP contribution < -0.4 is 10.6 Å². The Balaban J connectivity index is 0.00000289. The minimum Gasteiger partial charge on any atom is -0.323 e. The lowest BCUT2D eigenvalue weighted by molar-refractivity contribution is 0.399. The number of fused-ring (bicyclic) bond motifs is 2. The summed E-state index contributed by atoms with van der Waals surface area (Å²) in [5, 5.41) is 6.47. The SMILES string of the molecule is Cc1nc2c(F)cc(-c3nc(Nc4ccc5c(n4)C[C@H](C)NC5)ncc3F)cc2n1C(C)(C)C.Cl. The summed E-state index contributed by atoms with van der Waals surface area (Å²) in [7, 11) is 0. The molecular formula is C25H28ClF2N7. The van der Waals surface area contributed by atoms with Crippen LogP contribution in [-0.4, -0.2) is 30.5 Å². The second-order valence-corrected chi connectivity index (χ2v) is 9.79. The summed E-state index contributed by atoms with van der Waals surface area (Å²) in [5.74, 6) is 0.290. The molecule has 0 radical (unpaired) electrons. The Hall–Kier alpha value is -3.17. The third kappa shape index (κ3) is 4.70. The van der Waals surface area contributed by atoms with Crippen molar-refractivity contribution in [3.8, 4) is 11.3 Å². The van der Waals surface area contributed by atoms with Gasteiger partial charge in [-0.2, -0.15) is 0 Å². The van der Waals surface area contributed by atoms with Crippen molar-refractivity contribution in [1.29, 1.82) is 0 Å². The van der Waals surface area contributed by atoms with E-state index in [0.29, 0.717) is 28.8 Å². The highest BCUT2D eigenvalue weighted by atomic mass is 35.5. The Morgan fingerprint density at radius 3 is 2.60 bits per heavy atom. The van der Waals surface area contributed by atoms with Crippen LogP contribution in [0.25, 0.3) is 22.3 Å². The van der Waals surface area contributed by atoms with Crippen molar-refractivity contribution in [1.82, 2.24) is 29.8 Å². The van der Waals surface area contributed by atoms with Crippen LogP contribution in [0, 0.1) is 18.6 Å². The van der Waals surface area contributed by atoms with Crippen LogP contribution in [-0.2, 0) is 18.5 Å². The van der Waals surface area contributed by atoms with Gasteiger partial charge in [0.1, 0.15) is 22.9 Å². The summed E-state index contributed by atoms with van der Waals surface area (Å²) in [6.07, 6.45) is 1.91. The molecule has 2 N–H and O–H groups in total. The molecule has 0 fully saturated rings. The zero-order valence-electron chi connectivity index (χ0n) is 20.3. The van der Waals surface area contributed by atoms with Gasteiger partial charge in [-0.05, 0) is 58.4 Å². The zero-order valence-corrected chi connectivity index (χ0v) is 21.1. The molecule has 0 unspecified atom stereocenters. The van der Waals surface area contributed by atoms with E-state index in [-0.39, 0.29) is 35.1 Å². The number of imidazole rings is 1. The third-order valence-electron chi connectivity index (χ3n) is 6.02. The lowest BCUT2D eigenvalue weighted by Gasteiger charge is -2.24. The lowest BCUT2D eigenvalue weighted by atomic mass is 10.0. The van der Waals surface area contributed by atoms with Crippen molar-refractivity contribution in [3.05, 3.63) is 59.2 Å². The number of hydrogen-bond acceptors (Lipinski definition) is 6. The highest BCUT2D eigenvalue weighted by molar-refractivity contribution is 5.85. The first-order chi connectivity index (χ1) is 16.1. The van der Waals surface area contributed by atoms with Crippen LogP contribution in [0.5, 0.6) is 0 Å². The quantitative estimate of drug-likeness (QED) is 0.391. The fourth-order valence-electron chi connectivity index (χ4n) is 4.56. The molecule has 10 heteroatoms. The van der Waals surface area contributed by atoms with Gasteiger partial charge in [0, 0.05) is 35.8 Å². The summed E-state index contributed by atoms with van der Waals surface area (Å²) in [5.41, 5.74) is 3.00. The number of aryl methyl sites for hydroxylation is 1. The van der Waals surface area contributed by atoms with Crippen LogP contribution in [0.4, 0.5) is 20.5 Å². The van der Waals surface area contributed by atoms with E-state index in [1.54, 1.807) is 6.07 Å². The average molecular weight is 500 g/mol. The number of nitrogens with zero attached hydrogens (tertiary/aromatic N) is 5. The number of halogens is 3. The van der Waals surface area contributed by atoms with Crippen molar-refractivity contribution in [2.45, 2.75) is 59.2 Å². The molecule has 4 aromatic rings. The normalized spacial score (nSPS) is 15.6. The van der Waals surface area contributed by atoms with Crippen LogP contribution >= 0.6 is 12.4 Å². The van der Waals surface area contributed by atoms with Gasteiger partial charge >= 0.3 is 0 Å². The molecule has 35 heavy (non-hydrogen) atoms. The molecule has 7 nitrogen and oxygen atoms in total. The molecule has 0 bridgehead atoms. The summed E-state index contributed by atoms with van der Waals surface area (Å²) in [4.78, 5) is 17.5. The summed E-state index contributed by atoms with van der Waals surface area (Å²) in [6.45, 7) is 10.8. The van der Waals surface area contributed by atoms with Crippen LogP contribution in [0.15, 0.2) is 30.5 Å². The van der Waals surface area contributed by atoms with Gasteiger partial charge in [-0.3, -0.25) is 0 Å². The highest BCUT2D eigenvalue weighted by Gasteiger charge is 2.23. The van der Waals surface area contributed by atoms with E-state index in [9.17, 15) is 4.39 Å². The maximum atomic E-state index is 15.0. The fraction of sp³-hybridized carbons (Fsp3) is 0.360. The summed E-state index contributed by atoms with van der Waals surface area (Å²) >= 11 is 0. The van der Waals surface area contributed by atoms with Gasteiger partial charge in [-0.1, -0.05) is 6.07 Å². The molecule has 1 aliphatic heterocycles. The molecule has 0 spiro atoms. The Labute approximate surface area is 208 Å². The monoisotopic (exact) mass is 499 g/mol. The third-order valence-corrected chi connectivity index (χ3v) is 6.02. The molecule has 4 heterocycles. The maximum absolute atomic E-state index is 15.0. The van der Waals surface area contributed by atoms with Gasteiger partial charge < -0.3 is 15.2 Å². The van der Waals surface area contributed by atoms with Gasteiger partial charge in [0.2, 0.25) is 5.95 Å². The maximum Gasteiger partial charge on any atom is 0.229 e. The zero-order chi connectivity index (χ0) is 24.2. The molecule has 0 aliphatic carbocycles. The minimum atomic E-state index is -0.638. The second kappa shape index (κ2) is 9.13. The predicted molar refractivity (Wildman–Crippen MR) is 135 cm³/mol. The van der Waals surface area contributed by atoms with Gasteiger partial charge in [0.25, 0.3) is 0 Å². The summed E-state index contributed by atoms with van der Waals surface area (Å²) in [6, 6.07) is 7.19.